The van der Waals surface area contributed by atoms with Crippen LogP contribution in [0.3, 0.4) is 0 Å². The molecule has 7 heteroatoms. The number of benzene rings is 1. The van der Waals surface area contributed by atoms with E-state index in [9.17, 15) is 19.5 Å². The van der Waals surface area contributed by atoms with E-state index < -0.39 is 5.92 Å². The SMILES string of the molecule is CC(C)(C)[C@H]1COC(=O)[C@@H](Cc2ccccc2)CCCC=CC[C@H](CC(=O)N2CCC[C@H]2CO)C(=O)N1. The highest BCUT2D eigenvalue weighted by atomic mass is 16.5. The van der Waals surface area contributed by atoms with Gasteiger partial charge in [-0.3, -0.25) is 14.4 Å². The molecular formula is C30H44N2O5. The fourth-order valence-corrected chi connectivity index (χ4v) is 5.11. The van der Waals surface area contributed by atoms with Crippen molar-refractivity contribution in [1.82, 2.24) is 10.2 Å². The molecule has 2 N–H and O–H groups in total. The van der Waals surface area contributed by atoms with Crippen LogP contribution >= 0.6 is 0 Å². The lowest BCUT2D eigenvalue weighted by atomic mass is 9.86. The minimum Gasteiger partial charge on any atom is -0.463 e. The summed E-state index contributed by atoms with van der Waals surface area (Å²) in [5.74, 6) is -1.28. The van der Waals surface area contributed by atoms with E-state index in [-0.39, 0.29) is 60.8 Å². The van der Waals surface area contributed by atoms with Crippen LogP contribution in [0, 0.1) is 17.3 Å². The number of hydrogen-bond acceptors (Lipinski definition) is 5. The van der Waals surface area contributed by atoms with Gasteiger partial charge in [-0.15, -0.1) is 0 Å². The lowest BCUT2D eigenvalue weighted by molar-refractivity contribution is -0.151. The highest BCUT2D eigenvalue weighted by Gasteiger charge is 2.34. The van der Waals surface area contributed by atoms with E-state index in [2.05, 4.69) is 11.4 Å². The van der Waals surface area contributed by atoms with E-state index >= 15 is 0 Å². The van der Waals surface area contributed by atoms with Gasteiger partial charge >= 0.3 is 5.97 Å². The van der Waals surface area contributed by atoms with Crippen LogP contribution in [0.25, 0.3) is 0 Å². The van der Waals surface area contributed by atoms with Gasteiger partial charge in [-0.2, -0.15) is 0 Å². The fraction of sp³-hybridized carbons (Fsp3) is 0.633. The molecule has 1 saturated heterocycles. The highest BCUT2D eigenvalue weighted by Crippen LogP contribution is 2.25. The Kier molecular flexibility index (Phi) is 10.7. The first-order chi connectivity index (χ1) is 17.7. The molecule has 0 bridgehead atoms. The van der Waals surface area contributed by atoms with Crippen molar-refractivity contribution < 1.29 is 24.2 Å². The number of likely N-dealkylation sites (tertiary alicyclic amines) is 1. The van der Waals surface area contributed by atoms with E-state index in [1.807, 2.05) is 57.2 Å². The number of aliphatic hydroxyl groups excluding tert-OH is 1. The summed E-state index contributed by atoms with van der Waals surface area (Å²) >= 11 is 0. The van der Waals surface area contributed by atoms with Crippen molar-refractivity contribution in [3.05, 3.63) is 48.0 Å². The molecule has 1 fully saturated rings. The summed E-state index contributed by atoms with van der Waals surface area (Å²) in [5.41, 5.74) is 0.763. The summed E-state index contributed by atoms with van der Waals surface area (Å²) in [6, 6.07) is 9.44. The lowest BCUT2D eigenvalue weighted by Crippen LogP contribution is -2.50. The van der Waals surface area contributed by atoms with Gasteiger partial charge in [0.15, 0.2) is 0 Å². The Morgan fingerprint density at radius 2 is 1.84 bits per heavy atom. The third kappa shape index (κ3) is 8.70. The molecule has 37 heavy (non-hydrogen) atoms. The molecule has 0 spiro atoms. The number of ether oxygens (including phenoxy) is 1. The van der Waals surface area contributed by atoms with Gasteiger partial charge in [0.05, 0.1) is 30.5 Å². The summed E-state index contributed by atoms with van der Waals surface area (Å²) < 4.78 is 5.81. The summed E-state index contributed by atoms with van der Waals surface area (Å²) in [4.78, 5) is 41.3. The van der Waals surface area contributed by atoms with Crippen molar-refractivity contribution >= 4 is 17.8 Å². The van der Waals surface area contributed by atoms with Crippen molar-refractivity contribution in [1.29, 1.82) is 0 Å². The van der Waals surface area contributed by atoms with E-state index in [0.29, 0.717) is 19.4 Å². The molecule has 0 unspecified atom stereocenters. The molecule has 1 aromatic carbocycles. The Morgan fingerprint density at radius 1 is 1.08 bits per heavy atom. The zero-order valence-electron chi connectivity index (χ0n) is 22.7. The Morgan fingerprint density at radius 3 is 2.54 bits per heavy atom. The van der Waals surface area contributed by atoms with E-state index in [0.717, 1.165) is 37.7 Å². The Balaban J connectivity index is 1.74. The molecule has 0 saturated carbocycles. The molecule has 3 rings (SSSR count). The normalized spacial score (nSPS) is 26.3. The van der Waals surface area contributed by atoms with Crippen LogP contribution in [-0.4, -0.2) is 59.6 Å². The minimum absolute atomic E-state index is 0.0504. The molecular weight excluding hydrogens is 468 g/mol. The first-order valence-corrected chi connectivity index (χ1v) is 13.7. The molecule has 2 aliphatic rings. The highest BCUT2D eigenvalue weighted by molar-refractivity contribution is 5.86. The van der Waals surface area contributed by atoms with Crippen molar-refractivity contribution in [2.24, 2.45) is 17.3 Å². The molecule has 0 aromatic heterocycles. The van der Waals surface area contributed by atoms with Crippen LogP contribution in [-0.2, 0) is 25.5 Å². The number of carbonyl (C=O) groups excluding carboxylic acids is 3. The van der Waals surface area contributed by atoms with E-state index in [1.165, 1.54) is 0 Å². The Labute approximate surface area is 221 Å². The quantitative estimate of drug-likeness (QED) is 0.459. The lowest BCUT2D eigenvalue weighted by Gasteiger charge is -2.33. The third-order valence-corrected chi connectivity index (χ3v) is 7.62. The Hall–Kier alpha value is -2.67. The largest absolute Gasteiger partial charge is 0.463 e. The summed E-state index contributed by atoms with van der Waals surface area (Å²) in [6.45, 7) is 6.68. The van der Waals surface area contributed by atoms with Gasteiger partial charge in [0.2, 0.25) is 11.8 Å². The number of hydrogen-bond donors (Lipinski definition) is 2. The van der Waals surface area contributed by atoms with Gasteiger partial charge in [0.25, 0.3) is 0 Å². The van der Waals surface area contributed by atoms with Crippen LogP contribution in [0.5, 0.6) is 0 Å². The van der Waals surface area contributed by atoms with Gasteiger partial charge in [-0.1, -0.05) is 63.3 Å². The molecule has 2 amide bonds. The van der Waals surface area contributed by atoms with Crippen LogP contribution in [0.4, 0.5) is 0 Å². The van der Waals surface area contributed by atoms with Gasteiger partial charge in [-0.25, -0.2) is 0 Å². The van der Waals surface area contributed by atoms with Crippen molar-refractivity contribution in [3.8, 4) is 0 Å². The maximum atomic E-state index is 13.4. The summed E-state index contributed by atoms with van der Waals surface area (Å²) in [5, 5.41) is 12.7. The van der Waals surface area contributed by atoms with Crippen LogP contribution in [0.2, 0.25) is 0 Å². The number of carbonyl (C=O) groups is 3. The van der Waals surface area contributed by atoms with Gasteiger partial charge in [-0.05, 0) is 55.9 Å². The summed E-state index contributed by atoms with van der Waals surface area (Å²) in [6.07, 6.45) is 9.27. The molecule has 2 heterocycles. The second kappa shape index (κ2) is 13.8. The number of aliphatic hydroxyl groups is 1. The molecule has 0 radical (unpaired) electrons. The number of amides is 2. The van der Waals surface area contributed by atoms with Crippen LogP contribution < -0.4 is 5.32 Å². The molecule has 0 aliphatic carbocycles. The van der Waals surface area contributed by atoms with E-state index in [4.69, 9.17) is 4.74 Å². The second-order valence-corrected chi connectivity index (χ2v) is 11.5. The third-order valence-electron chi connectivity index (χ3n) is 7.62. The van der Waals surface area contributed by atoms with Crippen molar-refractivity contribution in [2.45, 2.75) is 84.2 Å². The average molecular weight is 513 g/mol. The van der Waals surface area contributed by atoms with Crippen molar-refractivity contribution in [3.63, 3.8) is 0 Å². The maximum Gasteiger partial charge on any atom is 0.309 e. The molecule has 204 valence electrons. The molecule has 4 atom stereocenters. The first-order valence-electron chi connectivity index (χ1n) is 13.7. The number of esters is 1. The van der Waals surface area contributed by atoms with Gasteiger partial charge < -0.3 is 20.1 Å². The van der Waals surface area contributed by atoms with Crippen molar-refractivity contribution in [2.75, 3.05) is 19.8 Å². The standard InChI is InChI=1S/C30H44N2O5/c1-30(2,3)26-21-37-29(36)24(18-22-12-7-6-8-13-22)15-10-5-4-9-14-23(28(35)31-26)19-27(34)32-17-11-16-25(32)20-33/h4,6-9,12-13,23-26,33H,5,10-11,14-21H2,1-3H3,(H,31,35)/t23-,24-,25+,26-/m1/s1. The Bertz CT molecular complexity index is 924. The topological polar surface area (TPSA) is 95.9 Å². The summed E-state index contributed by atoms with van der Waals surface area (Å²) in [7, 11) is 0. The van der Waals surface area contributed by atoms with Crippen LogP contribution in [0.1, 0.15) is 71.3 Å². The fourth-order valence-electron chi connectivity index (χ4n) is 5.11. The molecule has 2 aliphatic heterocycles. The number of rotatable bonds is 5. The predicted molar refractivity (Wildman–Crippen MR) is 144 cm³/mol. The maximum absolute atomic E-state index is 13.4. The monoisotopic (exact) mass is 512 g/mol. The van der Waals surface area contributed by atoms with Crippen LogP contribution in [0.15, 0.2) is 42.5 Å². The first kappa shape index (κ1) is 28.9. The number of cyclic esters (lactones) is 1. The zero-order chi connectivity index (χ0) is 26.8. The number of nitrogens with zero attached hydrogens (tertiary/aromatic N) is 1. The molecule has 1 aromatic rings. The zero-order valence-corrected chi connectivity index (χ0v) is 22.7. The molecule has 7 nitrogen and oxygen atoms in total. The van der Waals surface area contributed by atoms with E-state index in [1.54, 1.807) is 4.90 Å². The van der Waals surface area contributed by atoms with Gasteiger partial charge in [0.1, 0.15) is 6.61 Å². The average Bonchev–Trinajstić information content (AvgIpc) is 3.35. The second-order valence-electron chi connectivity index (χ2n) is 11.5. The van der Waals surface area contributed by atoms with Gasteiger partial charge in [0, 0.05) is 13.0 Å². The minimum atomic E-state index is -0.516. The smallest absolute Gasteiger partial charge is 0.309 e. The predicted octanol–water partition coefficient (Wildman–Crippen LogP) is 4.04. The number of nitrogens with one attached hydrogen (secondary N) is 1. The number of allylic oxidation sites excluding steroid dienone is 2.